The second-order valence-corrected chi connectivity index (χ2v) is 5.97. The zero-order chi connectivity index (χ0) is 16.0. The molecule has 114 valence electrons. The summed E-state index contributed by atoms with van der Waals surface area (Å²) in [5, 5.41) is 17.6. The number of hydrogen-bond acceptors (Lipinski definition) is 7. The van der Waals surface area contributed by atoms with E-state index >= 15 is 0 Å². The molecule has 0 aliphatic rings. The standard InChI is InChI=1S/C13H9N7OS2/c1-19-10(16-17-12(19)22)9-6-23-13(14-9)20-11(21)7-4-2-3-5-8(7)15-18-20/h2-6H,1H3,(H,17,22). The van der Waals surface area contributed by atoms with Crippen LogP contribution in [0.25, 0.3) is 27.6 Å². The van der Waals surface area contributed by atoms with Crippen molar-refractivity contribution in [2.24, 2.45) is 7.05 Å². The van der Waals surface area contributed by atoms with Gasteiger partial charge < -0.3 is 4.57 Å². The number of fused-ring (bicyclic) bond motifs is 1. The fourth-order valence-corrected chi connectivity index (χ4v) is 3.03. The van der Waals surface area contributed by atoms with Gasteiger partial charge in [0.25, 0.3) is 5.56 Å². The molecule has 0 amide bonds. The quantitative estimate of drug-likeness (QED) is 0.557. The predicted octanol–water partition coefficient (Wildman–Crippen LogP) is 1.70. The van der Waals surface area contributed by atoms with Gasteiger partial charge in [-0.3, -0.25) is 9.89 Å². The summed E-state index contributed by atoms with van der Waals surface area (Å²) >= 11 is 6.38. The average Bonchev–Trinajstić information content (AvgIpc) is 3.16. The predicted molar refractivity (Wildman–Crippen MR) is 88.2 cm³/mol. The van der Waals surface area contributed by atoms with Crippen LogP contribution in [0.3, 0.4) is 0 Å². The van der Waals surface area contributed by atoms with E-state index in [0.29, 0.717) is 32.3 Å². The molecule has 0 unspecified atom stereocenters. The van der Waals surface area contributed by atoms with Crippen molar-refractivity contribution in [3.05, 3.63) is 44.8 Å². The van der Waals surface area contributed by atoms with Crippen LogP contribution in [0.1, 0.15) is 0 Å². The highest BCUT2D eigenvalue weighted by atomic mass is 32.1. The van der Waals surface area contributed by atoms with E-state index in [1.807, 2.05) is 6.07 Å². The zero-order valence-electron chi connectivity index (χ0n) is 11.8. The highest BCUT2D eigenvalue weighted by Crippen LogP contribution is 2.21. The normalized spacial score (nSPS) is 11.2. The molecule has 0 bridgehead atoms. The molecule has 0 saturated heterocycles. The second kappa shape index (κ2) is 5.18. The third kappa shape index (κ3) is 2.19. The van der Waals surface area contributed by atoms with Crippen LogP contribution in [-0.4, -0.2) is 34.7 Å². The molecule has 0 fully saturated rings. The number of hydrogen-bond donors (Lipinski definition) is 1. The largest absolute Gasteiger partial charge is 0.302 e. The third-order valence-corrected chi connectivity index (χ3v) is 4.53. The molecule has 3 heterocycles. The maximum atomic E-state index is 12.5. The summed E-state index contributed by atoms with van der Waals surface area (Å²) in [7, 11) is 1.79. The molecular weight excluding hydrogens is 334 g/mol. The number of benzene rings is 1. The van der Waals surface area contributed by atoms with Crippen molar-refractivity contribution in [1.29, 1.82) is 0 Å². The first-order valence-corrected chi connectivity index (χ1v) is 7.86. The molecule has 10 heteroatoms. The molecule has 0 saturated carbocycles. The summed E-state index contributed by atoms with van der Waals surface area (Å²) in [6.07, 6.45) is 0. The van der Waals surface area contributed by atoms with E-state index in [4.69, 9.17) is 12.2 Å². The van der Waals surface area contributed by atoms with Gasteiger partial charge in [-0.2, -0.15) is 5.10 Å². The van der Waals surface area contributed by atoms with Crippen LogP contribution in [0.4, 0.5) is 0 Å². The SMILES string of the molecule is Cn1c(-c2csc(-n3nnc4ccccc4c3=O)n2)n[nH]c1=S. The number of thiazole rings is 1. The van der Waals surface area contributed by atoms with Crippen molar-refractivity contribution in [3.8, 4) is 16.6 Å². The highest BCUT2D eigenvalue weighted by Gasteiger charge is 2.14. The first-order chi connectivity index (χ1) is 11.1. The number of aromatic amines is 1. The van der Waals surface area contributed by atoms with E-state index in [0.717, 1.165) is 0 Å². The van der Waals surface area contributed by atoms with E-state index in [9.17, 15) is 4.79 Å². The van der Waals surface area contributed by atoms with E-state index in [2.05, 4.69) is 25.5 Å². The van der Waals surface area contributed by atoms with Gasteiger partial charge in [-0.1, -0.05) is 17.3 Å². The fraction of sp³-hybridized carbons (Fsp3) is 0.0769. The van der Waals surface area contributed by atoms with Gasteiger partial charge in [0, 0.05) is 12.4 Å². The Kier molecular flexibility index (Phi) is 3.13. The monoisotopic (exact) mass is 343 g/mol. The second-order valence-electron chi connectivity index (χ2n) is 4.75. The molecule has 3 aromatic heterocycles. The number of nitrogens with zero attached hydrogens (tertiary/aromatic N) is 6. The summed E-state index contributed by atoms with van der Waals surface area (Å²) in [4.78, 5) is 17.0. The van der Waals surface area contributed by atoms with Gasteiger partial charge >= 0.3 is 0 Å². The number of rotatable bonds is 2. The summed E-state index contributed by atoms with van der Waals surface area (Å²) in [6.45, 7) is 0. The van der Waals surface area contributed by atoms with Crippen LogP contribution < -0.4 is 5.56 Å². The van der Waals surface area contributed by atoms with Crippen molar-refractivity contribution < 1.29 is 0 Å². The molecule has 0 radical (unpaired) electrons. The van der Waals surface area contributed by atoms with E-state index in [1.165, 1.54) is 16.0 Å². The first-order valence-electron chi connectivity index (χ1n) is 6.57. The van der Waals surface area contributed by atoms with E-state index in [-0.39, 0.29) is 5.56 Å². The zero-order valence-corrected chi connectivity index (χ0v) is 13.4. The van der Waals surface area contributed by atoms with Gasteiger partial charge in [0.2, 0.25) is 5.13 Å². The molecule has 0 spiro atoms. The van der Waals surface area contributed by atoms with Gasteiger partial charge in [0.15, 0.2) is 10.6 Å². The molecule has 1 N–H and O–H groups in total. The lowest BCUT2D eigenvalue weighted by atomic mass is 10.2. The van der Waals surface area contributed by atoms with Crippen molar-refractivity contribution in [2.75, 3.05) is 0 Å². The van der Waals surface area contributed by atoms with E-state index < -0.39 is 0 Å². The van der Waals surface area contributed by atoms with Crippen molar-refractivity contribution in [1.82, 2.24) is 34.7 Å². The number of H-pyrrole nitrogens is 1. The molecule has 4 aromatic rings. The topological polar surface area (TPSA) is 94.3 Å². The minimum absolute atomic E-state index is 0.258. The molecule has 0 atom stereocenters. The number of nitrogens with one attached hydrogen (secondary N) is 1. The van der Waals surface area contributed by atoms with Gasteiger partial charge in [-0.15, -0.1) is 21.1 Å². The Morgan fingerprint density at radius 1 is 1.30 bits per heavy atom. The smallest absolute Gasteiger partial charge is 0.284 e. The average molecular weight is 343 g/mol. The molecule has 8 nitrogen and oxygen atoms in total. The fourth-order valence-electron chi connectivity index (χ4n) is 2.15. The Balaban J connectivity index is 1.87. The number of aromatic nitrogens is 7. The van der Waals surface area contributed by atoms with Crippen LogP contribution in [-0.2, 0) is 7.05 Å². The summed E-state index contributed by atoms with van der Waals surface area (Å²) < 4.78 is 3.40. The molecule has 0 aliphatic heterocycles. The summed E-state index contributed by atoms with van der Waals surface area (Å²) in [5.41, 5.74) is 0.911. The maximum absolute atomic E-state index is 12.5. The molecular formula is C13H9N7OS2. The lowest BCUT2D eigenvalue weighted by Crippen LogP contribution is -2.22. The lowest BCUT2D eigenvalue weighted by molar-refractivity contribution is 0.733. The molecule has 0 aliphatic carbocycles. The minimum atomic E-state index is -0.258. The summed E-state index contributed by atoms with van der Waals surface area (Å²) in [5.74, 6) is 0.597. The van der Waals surface area contributed by atoms with Gasteiger partial charge in [0.05, 0.1) is 5.39 Å². The Labute approximate surface area is 138 Å². The van der Waals surface area contributed by atoms with E-state index in [1.54, 1.807) is 35.2 Å². The van der Waals surface area contributed by atoms with Crippen molar-refractivity contribution in [2.45, 2.75) is 0 Å². The van der Waals surface area contributed by atoms with Crippen LogP contribution in [0.5, 0.6) is 0 Å². The first kappa shape index (κ1) is 13.9. The van der Waals surface area contributed by atoms with Crippen LogP contribution >= 0.6 is 23.6 Å². The third-order valence-electron chi connectivity index (χ3n) is 3.35. The summed E-state index contributed by atoms with van der Waals surface area (Å²) in [6, 6.07) is 7.06. The lowest BCUT2D eigenvalue weighted by Gasteiger charge is -2.00. The maximum Gasteiger partial charge on any atom is 0.284 e. The van der Waals surface area contributed by atoms with Crippen LogP contribution in [0, 0.1) is 4.77 Å². The van der Waals surface area contributed by atoms with Crippen molar-refractivity contribution >= 4 is 34.5 Å². The highest BCUT2D eigenvalue weighted by molar-refractivity contribution is 7.71. The Morgan fingerprint density at radius 3 is 2.91 bits per heavy atom. The van der Waals surface area contributed by atoms with Gasteiger partial charge in [-0.25, -0.2) is 4.98 Å². The molecule has 23 heavy (non-hydrogen) atoms. The van der Waals surface area contributed by atoms with Crippen LogP contribution in [0.2, 0.25) is 0 Å². The minimum Gasteiger partial charge on any atom is -0.302 e. The van der Waals surface area contributed by atoms with Crippen LogP contribution in [0.15, 0.2) is 34.4 Å². The Bertz CT molecular complexity index is 1140. The molecule has 1 aromatic carbocycles. The Morgan fingerprint density at radius 2 is 2.13 bits per heavy atom. The molecule has 4 rings (SSSR count). The van der Waals surface area contributed by atoms with Crippen molar-refractivity contribution in [3.63, 3.8) is 0 Å². The van der Waals surface area contributed by atoms with Gasteiger partial charge in [-0.05, 0) is 24.4 Å². The Hall–Kier alpha value is -2.72. The van der Waals surface area contributed by atoms with Gasteiger partial charge in [0.1, 0.15) is 11.2 Å².